The average Bonchev–Trinajstić information content (AvgIpc) is 2.26. The zero-order chi connectivity index (χ0) is 10.4. The zero-order valence-electron chi connectivity index (χ0n) is 9.72. The molecule has 0 fully saturated rings. The quantitative estimate of drug-likeness (QED) is 0.652. The molecule has 0 bridgehead atoms. The van der Waals surface area contributed by atoms with E-state index in [1.165, 1.54) is 30.4 Å². The van der Waals surface area contributed by atoms with Crippen molar-refractivity contribution in [2.45, 2.75) is 46.5 Å². The highest BCUT2D eigenvalue weighted by molar-refractivity contribution is 5.23. The SMILES string of the molecule is CCc1cccc(CCC(C)CC)c1. The maximum absolute atomic E-state index is 2.35. The second-order valence-electron chi connectivity index (χ2n) is 4.23. The van der Waals surface area contributed by atoms with E-state index in [2.05, 4.69) is 45.0 Å². The van der Waals surface area contributed by atoms with Gasteiger partial charge in [0.1, 0.15) is 0 Å². The van der Waals surface area contributed by atoms with Crippen molar-refractivity contribution in [3.8, 4) is 0 Å². The van der Waals surface area contributed by atoms with Gasteiger partial charge in [-0.1, -0.05) is 51.5 Å². The maximum atomic E-state index is 2.35. The third-order valence-corrected chi connectivity index (χ3v) is 3.02. The summed E-state index contributed by atoms with van der Waals surface area (Å²) in [6.07, 6.45) is 5.01. The predicted octanol–water partition coefficient (Wildman–Crippen LogP) is 4.23. The Hall–Kier alpha value is -0.780. The standard InChI is InChI=1S/C14H22/c1-4-12(3)9-10-14-8-6-7-13(5-2)11-14/h6-8,11-12H,4-5,9-10H2,1-3H3. The molecule has 78 valence electrons. The number of hydrogen-bond acceptors (Lipinski definition) is 0. The van der Waals surface area contributed by atoms with E-state index >= 15 is 0 Å². The van der Waals surface area contributed by atoms with Crippen LogP contribution in [0.15, 0.2) is 24.3 Å². The van der Waals surface area contributed by atoms with Crippen LogP contribution in [0.3, 0.4) is 0 Å². The highest BCUT2D eigenvalue weighted by atomic mass is 14.1. The van der Waals surface area contributed by atoms with E-state index in [0.717, 1.165) is 12.3 Å². The molecule has 0 amide bonds. The van der Waals surface area contributed by atoms with Gasteiger partial charge in [0.2, 0.25) is 0 Å². The van der Waals surface area contributed by atoms with Crippen LogP contribution in [0.1, 0.15) is 44.7 Å². The first-order valence-electron chi connectivity index (χ1n) is 5.84. The summed E-state index contributed by atoms with van der Waals surface area (Å²) in [5.74, 6) is 0.861. The van der Waals surface area contributed by atoms with E-state index < -0.39 is 0 Å². The van der Waals surface area contributed by atoms with Crippen LogP contribution in [0.4, 0.5) is 0 Å². The van der Waals surface area contributed by atoms with Gasteiger partial charge in [0.25, 0.3) is 0 Å². The monoisotopic (exact) mass is 190 g/mol. The Morgan fingerprint density at radius 1 is 1.14 bits per heavy atom. The first kappa shape index (κ1) is 11.3. The normalized spacial score (nSPS) is 12.8. The van der Waals surface area contributed by atoms with Crippen LogP contribution in [0, 0.1) is 5.92 Å². The van der Waals surface area contributed by atoms with Crippen molar-refractivity contribution in [1.82, 2.24) is 0 Å². The molecular formula is C14H22. The van der Waals surface area contributed by atoms with E-state index in [1.807, 2.05) is 0 Å². The summed E-state index contributed by atoms with van der Waals surface area (Å²) >= 11 is 0. The van der Waals surface area contributed by atoms with Crippen molar-refractivity contribution in [1.29, 1.82) is 0 Å². The first-order chi connectivity index (χ1) is 6.76. The molecule has 0 saturated heterocycles. The van der Waals surface area contributed by atoms with Crippen LogP contribution < -0.4 is 0 Å². The Morgan fingerprint density at radius 3 is 2.50 bits per heavy atom. The average molecular weight is 190 g/mol. The van der Waals surface area contributed by atoms with Crippen LogP contribution in [0.25, 0.3) is 0 Å². The Kier molecular flexibility index (Phi) is 4.72. The summed E-state index contributed by atoms with van der Waals surface area (Å²) in [5, 5.41) is 0. The van der Waals surface area contributed by atoms with Gasteiger partial charge in [0.05, 0.1) is 0 Å². The van der Waals surface area contributed by atoms with Crippen molar-refractivity contribution < 1.29 is 0 Å². The molecule has 0 heterocycles. The van der Waals surface area contributed by atoms with Crippen molar-refractivity contribution in [3.05, 3.63) is 35.4 Å². The number of aryl methyl sites for hydroxylation is 2. The molecule has 1 atom stereocenters. The number of hydrogen-bond donors (Lipinski definition) is 0. The second kappa shape index (κ2) is 5.85. The molecule has 14 heavy (non-hydrogen) atoms. The molecule has 0 aromatic heterocycles. The van der Waals surface area contributed by atoms with E-state index in [9.17, 15) is 0 Å². The summed E-state index contributed by atoms with van der Waals surface area (Å²) < 4.78 is 0. The number of benzene rings is 1. The van der Waals surface area contributed by atoms with Gasteiger partial charge >= 0.3 is 0 Å². The summed E-state index contributed by atoms with van der Waals surface area (Å²) in [6.45, 7) is 6.82. The Morgan fingerprint density at radius 2 is 1.86 bits per heavy atom. The van der Waals surface area contributed by atoms with Gasteiger partial charge in [-0.25, -0.2) is 0 Å². The van der Waals surface area contributed by atoms with Crippen molar-refractivity contribution >= 4 is 0 Å². The van der Waals surface area contributed by atoms with Crippen molar-refractivity contribution in [3.63, 3.8) is 0 Å². The first-order valence-corrected chi connectivity index (χ1v) is 5.84. The van der Waals surface area contributed by atoms with Gasteiger partial charge in [-0.05, 0) is 36.3 Å². The lowest BCUT2D eigenvalue weighted by atomic mass is 9.98. The minimum Gasteiger partial charge on any atom is -0.0651 e. The Bertz CT molecular complexity index is 262. The van der Waals surface area contributed by atoms with E-state index in [-0.39, 0.29) is 0 Å². The third-order valence-electron chi connectivity index (χ3n) is 3.02. The van der Waals surface area contributed by atoms with Gasteiger partial charge in [0.15, 0.2) is 0 Å². The molecule has 0 N–H and O–H groups in total. The summed E-state index contributed by atoms with van der Waals surface area (Å²) in [7, 11) is 0. The molecule has 1 rings (SSSR count). The lowest BCUT2D eigenvalue weighted by molar-refractivity contribution is 0.516. The molecule has 0 radical (unpaired) electrons. The minimum atomic E-state index is 0.861. The fourth-order valence-electron chi connectivity index (χ4n) is 1.62. The fourth-order valence-corrected chi connectivity index (χ4v) is 1.62. The summed E-state index contributed by atoms with van der Waals surface area (Å²) in [6, 6.07) is 9.00. The molecule has 1 aromatic carbocycles. The predicted molar refractivity (Wildman–Crippen MR) is 63.6 cm³/mol. The maximum Gasteiger partial charge on any atom is -0.0276 e. The minimum absolute atomic E-state index is 0.861. The Balaban J connectivity index is 2.50. The molecular weight excluding hydrogens is 168 g/mol. The third kappa shape index (κ3) is 3.53. The zero-order valence-corrected chi connectivity index (χ0v) is 9.72. The lowest BCUT2D eigenvalue weighted by Gasteiger charge is -2.08. The molecule has 0 nitrogen and oxygen atoms in total. The molecule has 1 aromatic rings. The van der Waals surface area contributed by atoms with E-state index in [1.54, 1.807) is 0 Å². The van der Waals surface area contributed by atoms with Gasteiger partial charge < -0.3 is 0 Å². The van der Waals surface area contributed by atoms with Crippen LogP contribution in [0.2, 0.25) is 0 Å². The van der Waals surface area contributed by atoms with E-state index in [4.69, 9.17) is 0 Å². The van der Waals surface area contributed by atoms with Gasteiger partial charge in [-0.15, -0.1) is 0 Å². The van der Waals surface area contributed by atoms with Crippen LogP contribution >= 0.6 is 0 Å². The topological polar surface area (TPSA) is 0 Å². The van der Waals surface area contributed by atoms with Gasteiger partial charge in [-0.3, -0.25) is 0 Å². The smallest absolute Gasteiger partial charge is 0.0276 e. The van der Waals surface area contributed by atoms with Crippen LogP contribution in [-0.2, 0) is 12.8 Å². The van der Waals surface area contributed by atoms with Crippen LogP contribution in [-0.4, -0.2) is 0 Å². The molecule has 0 spiro atoms. The highest BCUT2D eigenvalue weighted by Crippen LogP contribution is 2.13. The van der Waals surface area contributed by atoms with Crippen LogP contribution in [0.5, 0.6) is 0 Å². The van der Waals surface area contributed by atoms with E-state index in [0.29, 0.717) is 0 Å². The lowest BCUT2D eigenvalue weighted by Crippen LogP contribution is -1.96. The molecule has 0 aliphatic rings. The van der Waals surface area contributed by atoms with Gasteiger partial charge in [-0.2, -0.15) is 0 Å². The largest absolute Gasteiger partial charge is 0.0651 e. The summed E-state index contributed by atoms with van der Waals surface area (Å²) in [4.78, 5) is 0. The molecule has 0 aliphatic heterocycles. The summed E-state index contributed by atoms with van der Waals surface area (Å²) in [5.41, 5.74) is 2.97. The second-order valence-corrected chi connectivity index (χ2v) is 4.23. The number of rotatable bonds is 5. The molecule has 1 unspecified atom stereocenters. The van der Waals surface area contributed by atoms with Crippen molar-refractivity contribution in [2.24, 2.45) is 5.92 Å². The molecule has 0 aliphatic carbocycles. The van der Waals surface area contributed by atoms with Crippen molar-refractivity contribution in [2.75, 3.05) is 0 Å². The Labute approximate surface area is 88.4 Å². The molecule has 0 saturated carbocycles. The molecule has 0 heteroatoms. The van der Waals surface area contributed by atoms with Gasteiger partial charge in [0, 0.05) is 0 Å². The fraction of sp³-hybridized carbons (Fsp3) is 0.571. The highest BCUT2D eigenvalue weighted by Gasteiger charge is 2.00.